The summed E-state index contributed by atoms with van der Waals surface area (Å²) >= 11 is 5.83. The molecule has 1 fully saturated rings. The Morgan fingerprint density at radius 2 is 2.35 bits per heavy atom. The molecule has 1 aliphatic rings. The van der Waals surface area contributed by atoms with Crippen LogP contribution in [-0.4, -0.2) is 25.0 Å². The van der Waals surface area contributed by atoms with Gasteiger partial charge in [-0.1, -0.05) is 17.7 Å². The van der Waals surface area contributed by atoms with Crippen molar-refractivity contribution in [1.82, 2.24) is 10.6 Å². The van der Waals surface area contributed by atoms with Gasteiger partial charge in [-0.15, -0.1) is 0 Å². The summed E-state index contributed by atoms with van der Waals surface area (Å²) in [5.74, 6) is -1.03. The Balaban J connectivity index is 2.08. The van der Waals surface area contributed by atoms with E-state index in [2.05, 4.69) is 10.6 Å². The van der Waals surface area contributed by atoms with E-state index in [1.807, 2.05) is 0 Å². The predicted molar refractivity (Wildman–Crippen MR) is 64.8 cm³/mol. The molecule has 0 radical (unpaired) electrons. The lowest BCUT2D eigenvalue weighted by Gasteiger charge is -2.24. The van der Waals surface area contributed by atoms with E-state index in [1.54, 1.807) is 0 Å². The number of carbonyl (C=O) groups excluding carboxylic acids is 1. The Labute approximate surface area is 104 Å². The van der Waals surface area contributed by atoms with Crippen LogP contribution < -0.4 is 10.6 Å². The molecular weight excluding hydrogens is 243 g/mol. The molecule has 1 aromatic carbocycles. The van der Waals surface area contributed by atoms with Crippen molar-refractivity contribution in [2.75, 3.05) is 13.1 Å². The van der Waals surface area contributed by atoms with Crippen molar-refractivity contribution < 1.29 is 9.18 Å². The van der Waals surface area contributed by atoms with Gasteiger partial charge in [0, 0.05) is 12.6 Å². The molecule has 5 heteroatoms. The molecule has 1 saturated heterocycles. The number of carbonyl (C=O) groups is 1. The number of benzene rings is 1. The predicted octanol–water partition coefficient (Wildman–Crippen LogP) is 1.96. The van der Waals surface area contributed by atoms with Gasteiger partial charge in [0.2, 0.25) is 0 Å². The Bertz CT molecular complexity index is 399. The summed E-state index contributed by atoms with van der Waals surface area (Å²) in [5, 5.41) is 6.12. The second kappa shape index (κ2) is 5.47. The van der Waals surface area contributed by atoms with E-state index in [1.165, 1.54) is 18.2 Å². The SMILES string of the molecule is O=C(N[C@H]1CCCNC1)c1c(F)cccc1Cl. The van der Waals surface area contributed by atoms with Gasteiger partial charge in [0.05, 0.1) is 10.6 Å². The van der Waals surface area contributed by atoms with Gasteiger partial charge in [0.1, 0.15) is 5.82 Å². The fourth-order valence-corrected chi connectivity index (χ4v) is 2.20. The summed E-state index contributed by atoms with van der Waals surface area (Å²) in [6, 6.07) is 4.28. The fourth-order valence-electron chi connectivity index (χ4n) is 1.95. The molecule has 92 valence electrons. The highest BCUT2D eigenvalue weighted by Gasteiger charge is 2.20. The Morgan fingerprint density at radius 3 is 3.00 bits per heavy atom. The van der Waals surface area contributed by atoms with Crippen LogP contribution in [0.5, 0.6) is 0 Å². The van der Waals surface area contributed by atoms with Gasteiger partial charge >= 0.3 is 0 Å². The molecule has 1 aliphatic heterocycles. The van der Waals surface area contributed by atoms with Gasteiger partial charge in [-0.25, -0.2) is 4.39 Å². The van der Waals surface area contributed by atoms with E-state index in [-0.39, 0.29) is 16.6 Å². The smallest absolute Gasteiger partial charge is 0.256 e. The highest BCUT2D eigenvalue weighted by atomic mass is 35.5. The highest BCUT2D eigenvalue weighted by molar-refractivity contribution is 6.33. The zero-order valence-electron chi connectivity index (χ0n) is 9.30. The molecular formula is C12H14ClFN2O. The van der Waals surface area contributed by atoms with Crippen molar-refractivity contribution in [3.05, 3.63) is 34.6 Å². The summed E-state index contributed by atoms with van der Waals surface area (Å²) in [4.78, 5) is 11.9. The second-order valence-electron chi connectivity index (χ2n) is 4.11. The van der Waals surface area contributed by atoms with Crippen LogP contribution >= 0.6 is 11.6 Å². The number of nitrogens with one attached hydrogen (secondary N) is 2. The van der Waals surface area contributed by atoms with E-state index in [9.17, 15) is 9.18 Å². The molecule has 0 aliphatic carbocycles. The van der Waals surface area contributed by atoms with Gasteiger partial charge in [0.15, 0.2) is 0 Å². The van der Waals surface area contributed by atoms with Crippen molar-refractivity contribution in [1.29, 1.82) is 0 Å². The Morgan fingerprint density at radius 1 is 1.53 bits per heavy atom. The third kappa shape index (κ3) is 2.96. The number of hydrogen-bond donors (Lipinski definition) is 2. The largest absolute Gasteiger partial charge is 0.348 e. The summed E-state index contributed by atoms with van der Waals surface area (Å²) in [6.07, 6.45) is 1.92. The van der Waals surface area contributed by atoms with Crippen molar-refractivity contribution in [2.24, 2.45) is 0 Å². The minimum absolute atomic E-state index is 0.0481. The maximum atomic E-state index is 13.5. The lowest BCUT2D eigenvalue weighted by Crippen LogP contribution is -2.45. The van der Waals surface area contributed by atoms with E-state index in [4.69, 9.17) is 11.6 Å². The van der Waals surface area contributed by atoms with Crippen molar-refractivity contribution in [3.63, 3.8) is 0 Å². The standard InChI is InChI=1S/C12H14ClFN2O/c13-9-4-1-5-10(14)11(9)12(17)16-8-3-2-6-15-7-8/h1,4-5,8,15H,2-3,6-7H2,(H,16,17)/t8-/m0/s1. The maximum Gasteiger partial charge on any atom is 0.256 e. The summed E-state index contributed by atoms with van der Waals surface area (Å²) < 4.78 is 13.5. The van der Waals surface area contributed by atoms with Crippen molar-refractivity contribution in [3.8, 4) is 0 Å². The second-order valence-corrected chi connectivity index (χ2v) is 4.52. The lowest BCUT2D eigenvalue weighted by atomic mass is 10.1. The number of halogens is 2. The summed E-state index contributed by atoms with van der Waals surface area (Å²) in [6.45, 7) is 1.69. The zero-order chi connectivity index (χ0) is 12.3. The van der Waals surface area contributed by atoms with Gasteiger partial charge in [-0.2, -0.15) is 0 Å². The highest BCUT2D eigenvalue weighted by Crippen LogP contribution is 2.19. The Kier molecular flexibility index (Phi) is 3.97. The molecule has 1 atom stereocenters. The molecule has 0 bridgehead atoms. The van der Waals surface area contributed by atoms with E-state index >= 15 is 0 Å². The molecule has 0 aromatic heterocycles. The topological polar surface area (TPSA) is 41.1 Å². The van der Waals surface area contributed by atoms with Gasteiger partial charge in [-0.05, 0) is 31.5 Å². The molecule has 2 N–H and O–H groups in total. The molecule has 1 heterocycles. The number of hydrogen-bond acceptors (Lipinski definition) is 2. The van der Waals surface area contributed by atoms with E-state index in [0.29, 0.717) is 0 Å². The molecule has 2 rings (SSSR count). The van der Waals surface area contributed by atoms with E-state index < -0.39 is 11.7 Å². The monoisotopic (exact) mass is 256 g/mol. The van der Waals surface area contributed by atoms with Crippen molar-refractivity contribution in [2.45, 2.75) is 18.9 Å². The molecule has 3 nitrogen and oxygen atoms in total. The Hall–Kier alpha value is -1.13. The fraction of sp³-hybridized carbons (Fsp3) is 0.417. The zero-order valence-corrected chi connectivity index (χ0v) is 10.1. The van der Waals surface area contributed by atoms with E-state index in [0.717, 1.165) is 25.9 Å². The molecule has 1 aromatic rings. The number of rotatable bonds is 2. The van der Waals surface area contributed by atoms with Crippen LogP contribution in [0.4, 0.5) is 4.39 Å². The summed E-state index contributed by atoms with van der Waals surface area (Å²) in [5.41, 5.74) is -0.0697. The van der Waals surface area contributed by atoms with Crippen molar-refractivity contribution >= 4 is 17.5 Å². The van der Waals surface area contributed by atoms with Crippen LogP contribution in [-0.2, 0) is 0 Å². The maximum absolute atomic E-state index is 13.5. The third-order valence-electron chi connectivity index (χ3n) is 2.82. The van der Waals surface area contributed by atoms with Crippen LogP contribution in [0, 0.1) is 5.82 Å². The molecule has 1 amide bonds. The van der Waals surface area contributed by atoms with Gasteiger partial charge in [0.25, 0.3) is 5.91 Å². The van der Waals surface area contributed by atoms with Crippen LogP contribution in [0.1, 0.15) is 23.2 Å². The van der Waals surface area contributed by atoms with Crippen LogP contribution in [0.2, 0.25) is 5.02 Å². The van der Waals surface area contributed by atoms with Gasteiger partial charge in [-0.3, -0.25) is 4.79 Å². The van der Waals surface area contributed by atoms with Crippen LogP contribution in [0.15, 0.2) is 18.2 Å². The first-order valence-corrected chi connectivity index (χ1v) is 6.02. The van der Waals surface area contributed by atoms with Gasteiger partial charge < -0.3 is 10.6 Å². The lowest BCUT2D eigenvalue weighted by molar-refractivity contribution is 0.0927. The average molecular weight is 257 g/mol. The normalized spacial score (nSPS) is 20.0. The minimum atomic E-state index is -0.584. The van der Waals surface area contributed by atoms with Crippen LogP contribution in [0.3, 0.4) is 0 Å². The molecule has 0 saturated carbocycles. The third-order valence-corrected chi connectivity index (χ3v) is 3.14. The first-order valence-electron chi connectivity index (χ1n) is 5.64. The molecule has 0 spiro atoms. The van der Waals surface area contributed by atoms with Crippen LogP contribution in [0.25, 0.3) is 0 Å². The number of amides is 1. The number of piperidine rings is 1. The minimum Gasteiger partial charge on any atom is -0.348 e. The average Bonchev–Trinajstić information content (AvgIpc) is 2.30. The first-order chi connectivity index (χ1) is 8.18. The summed E-state index contributed by atoms with van der Waals surface area (Å²) in [7, 11) is 0. The molecule has 17 heavy (non-hydrogen) atoms. The molecule has 0 unspecified atom stereocenters. The first kappa shape index (κ1) is 12.3. The quantitative estimate of drug-likeness (QED) is 0.849.